The lowest BCUT2D eigenvalue weighted by Gasteiger charge is -2.12. The van der Waals surface area contributed by atoms with Crippen molar-refractivity contribution in [3.05, 3.63) is 65.9 Å². The molecule has 5 nitrogen and oxygen atoms in total. The molecule has 1 aliphatic carbocycles. The number of fused-ring (bicyclic) bond motifs is 1. The van der Waals surface area contributed by atoms with Crippen LogP contribution in [0.5, 0.6) is 5.88 Å². The third-order valence-corrected chi connectivity index (χ3v) is 4.04. The number of nitrogens with zero attached hydrogens (tertiary/aromatic N) is 4. The number of hydrogen-bond acceptors (Lipinski definition) is 5. The molecule has 3 heterocycles. The van der Waals surface area contributed by atoms with E-state index in [0.717, 1.165) is 36.1 Å². The van der Waals surface area contributed by atoms with E-state index >= 15 is 0 Å². The minimum absolute atomic E-state index is 0.175. The number of aromatic nitrogens is 4. The predicted molar refractivity (Wildman–Crippen MR) is 85.8 cm³/mol. The third-order valence-electron chi connectivity index (χ3n) is 4.04. The summed E-state index contributed by atoms with van der Waals surface area (Å²) in [5.41, 5.74) is 4.83. The van der Waals surface area contributed by atoms with E-state index in [-0.39, 0.29) is 6.61 Å². The molecular formula is C18H15FN4O. The highest BCUT2D eigenvalue weighted by Crippen LogP contribution is 2.33. The highest BCUT2D eigenvalue weighted by atomic mass is 19.1. The largest absolute Gasteiger partial charge is 0.471 e. The summed E-state index contributed by atoms with van der Waals surface area (Å²) < 4.78 is 18.9. The maximum Gasteiger partial charge on any atom is 0.214 e. The average molecular weight is 322 g/mol. The lowest BCUT2D eigenvalue weighted by molar-refractivity contribution is 0.287. The summed E-state index contributed by atoms with van der Waals surface area (Å²) in [4.78, 5) is 16.6. The van der Waals surface area contributed by atoms with Crippen molar-refractivity contribution >= 4 is 0 Å². The minimum atomic E-state index is -0.514. The fraction of sp³-hybridized carbons (Fsp3) is 0.222. The van der Waals surface area contributed by atoms with Gasteiger partial charge in [-0.05, 0) is 42.5 Å². The monoisotopic (exact) mass is 322 g/mol. The lowest BCUT2D eigenvalue weighted by atomic mass is 10.0. The Hall–Kier alpha value is -2.89. The second-order valence-corrected chi connectivity index (χ2v) is 5.65. The van der Waals surface area contributed by atoms with Crippen LogP contribution in [0.1, 0.15) is 23.4 Å². The van der Waals surface area contributed by atoms with Crippen LogP contribution in [0.2, 0.25) is 0 Å². The Morgan fingerprint density at radius 3 is 2.79 bits per heavy atom. The molecule has 1 aliphatic rings. The molecular weight excluding hydrogens is 307 g/mol. The number of pyridine rings is 2. The van der Waals surface area contributed by atoms with Gasteiger partial charge in [-0.15, -0.1) is 0 Å². The Balaban J connectivity index is 1.65. The Morgan fingerprint density at radius 2 is 1.96 bits per heavy atom. The molecule has 3 aromatic heterocycles. The van der Waals surface area contributed by atoms with E-state index < -0.39 is 5.95 Å². The van der Waals surface area contributed by atoms with E-state index in [1.807, 2.05) is 6.07 Å². The van der Waals surface area contributed by atoms with Gasteiger partial charge in [0.2, 0.25) is 11.8 Å². The van der Waals surface area contributed by atoms with E-state index in [4.69, 9.17) is 4.74 Å². The van der Waals surface area contributed by atoms with E-state index in [1.54, 1.807) is 24.5 Å². The number of halogens is 1. The van der Waals surface area contributed by atoms with Gasteiger partial charge in [-0.25, -0.2) is 19.9 Å². The normalized spacial score (nSPS) is 12.9. The van der Waals surface area contributed by atoms with Crippen LogP contribution in [0.3, 0.4) is 0 Å². The molecule has 0 amide bonds. The van der Waals surface area contributed by atoms with Gasteiger partial charge in [-0.1, -0.05) is 6.07 Å². The predicted octanol–water partition coefficient (Wildman–Crippen LogP) is 3.14. The number of aryl methyl sites for hydroxylation is 1. The standard InChI is InChI=1S/C18H15FN4O/c19-17-6-1-3-13(22-17)10-24-18-7-15(12-8-20-11-21-9-12)14-4-2-5-16(14)23-18/h1,3,6-9,11H,2,4-5,10H2. The van der Waals surface area contributed by atoms with Gasteiger partial charge in [-0.2, -0.15) is 4.39 Å². The van der Waals surface area contributed by atoms with E-state index in [2.05, 4.69) is 19.9 Å². The summed E-state index contributed by atoms with van der Waals surface area (Å²) in [5.74, 6) is 0.000648. The van der Waals surface area contributed by atoms with Crippen LogP contribution in [0.15, 0.2) is 43.0 Å². The topological polar surface area (TPSA) is 60.8 Å². The molecule has 24 heavy (non-hydrogen) atoms. The van der Waals surface area contributed by atoms with E-state index in [1.165, 1.54) is 18.0 Å². The molecule has 0 saturated carbocycles. The Labute approximate surface area is 138 Å². The fourth-order valence-corrected chi connectivity index (χ4v) is 2.97. The smallest absolute Gasteiger partial charge is 0.214 e. The first kappa shape index (κ1) is 14.7. The van der Waals surface area contributed by atoms with Crippen molar-refractivity contribution in [3.63, 3.8) is 0 Å². The molecule has 0 saturated heterocycles. The molecule has 120 valence electrons. The molecule has 0 atom stereocenters. The molecule has 0 unspecified atom stereocenters. The van der Waals surface area contributed by atoms with Crippen molar-refractivity contribution in [2.45, 2.75) is 25.9 Å². The number of hydrogen-bond donors (Lipinski definition) is 0. The van der Waals surface area contributed by atoms with Crippen molar-refractivity contribution in [1.82, 2.24) is 19.9 Å². The SMILES string of the molecule is Fc1cccc(COc2cc(-c3cncnc3)c3c(n2)CCC3)n1. The summed E-state index contributed by atoms with van der Waals surface area (Å²) in [6, 6.07) is 6.55. The molecule has 0 N–H and O–H groups in total. The van der Waals surface area contributed by atoms with Crippen LogP contribution in [0, 0.1) is 5.95 Å². The van der Waals surface area contributed by atoms with Crippen molar-refractivity contribution in [1.29, 1.82) is 0 Å². The first-order valence-electron chi connectivity index (χ1n) is 7.82. The van der Waals surface area contributed by atoms with Gasteiger partial charge in [0.05, 0.1) is 5.69 Å². The minimum Gasteiger partial charge on any atom is -0.471 e. The van der Waals surface area contributed by atoms with Crippen molar-refractivity contribution in [3.8, 4) is 17.0 Å². The van der Waals surface area contributed by atoms with Crippen LogP contribution >= 0.6 is 0 Å². The van der Waals surface area contributed by atoms with Crippen molar-refractivity contribution < 1.29 is 9.13 Å². The summed E-state index contributed by atoms with van der Waals surface area (Å²) in [5, 5.41) is 0. The van der Waals surface area contributed by atoms with Crippen LogP contribution < -0.4 is 4.74 Å². The van der Waals surface area contributed by atoms with Gasteiger partial charge in [0.15, 0.2) is 0 Å². The first-order valence-corrected chi connectivity index (χ1v) is 7.82. The van der Waals surface area contributed by atoms with Gasteiger partial charge >= 0.3 is 0 Å². The second kappa shape index (κ2) is 6.31. The maximum absolute atomic E-state index is 13.2. The van der Waals surface area contributed by atoms with Crippen molar-refractivity contribution in [2.75, 3.05) is 0 Å². The van der Waals surface area contributed by atoms with Crippen molar-refractivity contribution in [2.24, 2.45) is 0 Å². The van der Waals surface area contributed by atoms with Crippen LogP contribution in [0.4, 0.5) is 4.39 Å². The molecule has 0 bridgehead atoms. The molecule has 0 radical (unpaired) electrons. The molecule has 3 aromatic rings. The fourth-order valence-electron chi connectivity index (χ4n) is 2.97. The average Bonchev–Trinajstić information content (AvgIpc) is 3.08. The Morgan fingerprint density at radius 1 is 1.08 bits per heavy atom. The second-order valence-electron chi connectivity index (χ2n) is 5.65. The molecule has 0 fully saturated rings. The zero-order valence-electron chi connectivity index (χ0n) is 12.9. The number of rotatable bonds is 4. The number of ether oxygens (including phenoxy) is 1. The van der Waals surface area contributed by atoms with E-state index in [0.29, 0.717) is 11.6 Å². The summed E-state index contributed by atoms with van der Waals surface area (Å²) in [6.45, 7) is 0.175. The highest BCUT2D eigenvalue weighted by Gasteiger charge is 2.19. The first-order chi connectivity index (χ1) is 11.8. The van der Waals surface area contributed by atoms with Gasteiger partial charge in [0.25, 0.3) is 0 Å². The molecule has 0 aliphatic heterocycles. The van der Waals surface area contributed by atoms with Gasteiger partial charge < -0.3 is 4.74 Å². The van der Waals surface area contributed by atoms with Gasteiger partial charge in [0.1, 0.15) is 12.9 Å². The van der Waals surface area contributed by atoms with Crippen LogP contribution in [-0.4, -0.2) is 19.9 Å². The van der Waals surface area contributed by atoms with Gasteiger partial charge in [-0.3, -0.25) is 0 Å². The zero-order valence-corrected chi connectivity index (χ0v) is 12.9. The Bertz CT molecular complexity index is 870. The van der Waals surface area contributed by atoms with Crippen LogP contribution in [0.25, 0.3) is 11.1 Å². The maximum atomic E-state index is 13.2. The quantitative estimate of drug-likeness (QED) is 0.691. The van der Waals surface area contributed by atoms with E-state index in [9.17, 15) is 4.39 Å². The molecule has 4 rings (SSSR count). The Kier molecular flexibility index (Phi) is 3.86. The lowest BCUT2D eigenvalue weighted by Crippen LogP contribution is -2.03. The van der Waals surface area contributed by atoms with Crippen LogP contribution in [-0.2, 0) is 19.4 Å². The molecule has 0 aromatic carbocycles. The zero-order chi connectivity index (χ0) is 16.4. The molecule has 0 spiro atoms. The summed E-state index contributed by atoms with van der Waals surface area (Å²) >= 11 is 0. The van der Waals surface area contributed by atoms with Gasteiger partial charge in [0, 0.05) is 29.7 Å². The third kappa shape index (κ3) is 2.95. The highest BCUT2D eigenvalue weighted by molar-refractivity contribution is 5.68. The molecule has 6 heteroatoms. The summed E-state index contributed by atoms with van der Waals surface area (Å²) in [6.07, 6.45) is 8.11. The summed E-state index contributed by atoms with van der Waals surface area (Å²) in [7, 11) is 0.